The van der Waals surface area contributed by atoms with E-state index >= 15 is 0 Å². The van der Waals surface area contributed by atoms with Gasteiger partial charge >= 0.3 is 0 Å². The number of likely N-dealkylation sites (N-methyl/N-ethyl adjacent to an activating group) is 1. The third-order valence-electron chi connectivity index (χ3n) is 4.52. The van der Waals surface area contributed by atoms with Gasteiger partial charge in [0.25, 0.3) is 0 Å². The molecule has 1 fully saturated rings. The minimum absolute atomic E-state index is 0.622. The molecule has 130 valence electrons. The zero-order valence-corrected chi connectivity index (χ0v) is 15.3. The number of furan rings is 1. The fourth-order valence-electron chi connectivity index (χ4n) is 3.38. The van der Waals surface area contributed by atoms with Crippen LogP contribution in [0.5, 0.6) is 0 Å². The van der Waals surface area contributed by atoms with Gasteiger partial charge in [-0.25, -0.2) is 0 Å². The van der Waals surface area contributed by atoms with E-state index in [1.54, 1.807) is 0 Å². The number of benzene rings is 1. The molecule has 4 nitrogen and oxygen atoms in total. The summed E-state index contributed by atoms with van der Waals surface area (Å²) in [6.45, 7) is 4.96. The van der Waals surface area contributed by atoms with Gasteiger partial charge in [-0.05, 0) is 51.2 Å². The molecule has 1 N–H and O–H groups in total. The molecule has 0 aliphatic carbocycles. The van der Waals surface area contributed by atoms with E-state index in [4.69, 9.17) is 16.0 Å². The van der Waals surface area contributed by atoms with Gasteiger partial charge in [-0.1, -0.05) is 23.7 Å². The lowest BCUT2D eigenvalue weighted by atomic mass is 10.0. The van der Waals surface area contributed by atoms with Crippen molar-refractivity contribution in [2.75, 3.05) is 33.7 Å². The highest BCUT2D eigenvalue weighted by molar-refractivity contribution is 6.31. The van der Waals surface area contributed by atoms with Gasteiger partial charge in [-0.15, -0.1) is 0 Å². The Kier molecular flexibility index (Phi) is 5.02. The standard InChI is InChI=1S/C19H25ClN2O2/c1-14-4-5-15(10-17(14)20)18-7-6-16(24-18)11-22-9-8-19(23,13-22)12-21(2)3/h4-7,10,23H,8-9,11-13H2,1-3H3/t19-/m0/s1. The molecule has 5 heteroatoms. The van der Waals surface area contributed by atoms with Crippen molar-refractivity contribution in [3.63, 3.8) is 0 Å². The van der Waals surface area contributed by atoms with Crippen molar-refractivity contribution in [2.24, 2.45) is 0 Å². The minimum atomic E-state index is -0.622. The van der Waals surface area contributed by atoms with Crippen LogP contribution in [0.4, 0.5) is 0 Å². The Balaban J connectivity index is 1.65. The van der Waals surface area contributed by atoms with Crippen LogP contribution < -0.4 is 0 Å². The number of aliphatic hydroxyl groups is 1. The Morgan fingerprint density at radius 1 is 1.29 bits per heavy atom. The van der Waals surface area contributed by atoms with Gasteiger partial charge in [0, 0.05) is 30.2 Å². The van der Waals surface area contributed by atoms with Crippen molar-refractivity contribution < 1.29 is 9.52 Å². The number of hydrogen-bond acceptors (Lipinski definition) is 4. The Morgan fingerprint density at radius 2 is 2.08 bits per heavy atom. The summed E-state index contributed by atoms with van der Waals surface area (Å²) >= 11 is 6.20. The van der Waals surface area contributed by atoms with E-state index in [0.29, 0.717) is 13.1 Å². The van der Waals surface area contributed by atoms with Crippen LogP contribution in [0.3, 0.4) is 0 Å². The van der Waals surface area contributed by atoms with Crippen LogP contribution >= 0.6 is 11.6 Å². The summed E-state index contributed by atoms with van der Waals surface area (Å²) in [5, 5.41) is 11.4. The molecule has 0 radical (unpaired) electrons. The lowest BCUT2D eigenvalue weighted by Gasteiger charge is -2.26. The molecule has 1 atom stereocenters. The second kappa shape index (κ2) is 6.89. The highest BCUT2D eigenvalue weighted by Crippen LogP contribution is 2.29. The first-order chi connectivity index (χ1) is 11.3. The molecule has 0 saturated carbocycles. The van der Waals surface area contributed by atoms with E-state index < -0.39 is 5.60 Å². The molecule has 0 amide bonds. The molecule has 1 saturated heterocycles. The van der Waals surface area contributed by atoms with E-state index in [9.17, 15) is 5.11 Å². The molecule has 1 aliphatic rings. The highest BCUT2D eigenvalue weighted by atomic mass is 35.5. The quantitative estimate of drug-likeness (QED) is 0.899. The molecule has 0 spiro atoms. The first kappa shape index (κ1) is 17.5. The first-order valence-corrected chi connectivity index (χ1v) is 8.67. The number of likely N-dealkylation sites (tertiary alicyclic amines) is 1. The number of aryl methyl sites for hydroxylation is 1. The molecule has 0 unspecified atom stereocenters. The maximum absolute atomic E-state index is 10.6. The monoisotopic (exact) mass is 348 g/mol. The SMILES string of the molecule is Cc1ccc(-c2ccc(CN3CC[C@](O)(CN(C)C)C3)o2)cc1Cl. The fraction of sp³-hybridized carbons (Fsp3) is 0.474. The predicted octanol–water partition coefficient (Wildman–Crippen LogP) is 3.41. The minimum Gasteiger partial charge on any atom is -0.460 e. The normalized spacial score (nSPS) is 21.8. The zero-order chi connectivity index (χ0) is 17.3. The first-order valence-electron chi connectivity index (χ1n) is 8.29. The predicted molar refractivity (Wildman–Crippen MR) is 97.3 cm³/mol. The molecule has 1 aromatic carbocycles. The fourth-order valence-corrected chi connectivity index (χ4v) is 3.56. The van der Waals surface area contributed by atoms with Crippen LogP contribution in [0, 0.1) is 6.92 Å². The van der Waals surface area contributed by atoms with Crippen LogP contribution in [0.15, 0.2) is 34.7 Å². The Morgan fingerprint density at radius 3 is 2.79 bits per heavy atom. The number of rotatable bonds is 5. The summed E-state index contributed by atoms with van der Waals surface area (Å²) in [6, 6.07) is 9.95. The van der Waals surface area contributed by atoms with Crippen molar-refractivity contribution >= 4 is 11.6 Å². The highest BCUT2D eigenvalue weighted by Gasteiger charge is 2.36. The van der Waals surface area contributed by atoms with Gasteiger partial charge in [-0.3, -0.25) is 4.90 Å². The van der Waals surface area contributed by atoms with Crippen molar-refractivity contribution in [1.82, 2.24) is 9.80 Å². The van der Waals surface area contributed by atoms with Gasteiger partial charge in [-0.2, -0.15) is 0 Å². The molecule has 3 rings (SSSR count). The zero-order valence-electron chi connectivity index (χ0n) is 14.6. The lowest BCUT2D eigenvalue weighted by molar-refractivity contribution is 0.0235. The van der Waals surface area contributed by atoms with E-state index in [1.807, 2.05) is 56.3 Å². The average molecular weight is 349 g/mol. The number of hydrogen-bond donors (Lipinski definition) is 1. The molecule has 1 aliphatic heterocycles. The second-order valence-corrected chi connectivity index (χ2v) is 7.56. The molecular formula is C19H25ClN2O2. The third-order valence-corrected chi connectivity index (χ3v) is 4.93. The molecule has 24 heavy (non-hydrogen) atoms. The van der Waals surface area contributed by atoms with E-state index in [-0.39, 0.29) is 0 Å². The average Bonchev–Trinajstić information content (AvgIpc) is 3.09. The summed E-state index contributed by atoms with van der Waals surface area (Å²) in [6.07, 6.45) is 0.798. The van der Waals surface area contributed by atoms with Gasteiger partial charge < -0.3 is 14.4 Å². The van der Waals surface area contributed by atoms with Crippen LogP contribution in [0.2, 0.25) is 5.02 Å². The van der Waals surface area contributed by atoms with Gasteiger partial charge in [0.15, 0.2) is 0 Å². The lowest BCUT2D eigenvalue weighted by Crippen LogP contribution is -2.42. The Hall–Kier alpha value is -1.33. The largest absolute Gasteiger partial charge is 0.460 e. The van der Waals surface area contributed by atoms with Crippen LogP contribution in [-0.4, -0.2) is 54.2 Å². The summed E-state index contributed by atoms with van der Waals surface area (Å²) in [5.74, 6) is 1.74. The number of β-amino-alcohol motifs (C(OH)–C–C–N with tert-alkyl or cyclic N) is 1. The number of nitrogens with zero attached hydrogens (tertiary/aromatic N) is 2. The summed E-state index contributed by atoms with van der Waals surface area (Å²) < 4.78 is 5.98. The summed E-state index contributed by atoms with van der Waals surface area (Å²) in [7, 11) is 3.98. The molecule has 0 bridgehead atoms. The molecule has 2 aromatic rings. The Labute approximate surface area is 148 Å². The smallest absolute Gasteiger partial charge is 0.134 e. The van der Waals surface area contributed by atoms with E-state index in [0.717, 1.165) is 47.2 Å². The van der Waals surface area contributed by atoms with Crippen molar-refractivity contribution in [1.29, 1.82) is 0 Å². The van der Waals surface area contributed by atoms with Gasteiger partial charge in [0.05, 0.1) is 12.1 Å². The van der Waals surface area contributed by atoms with Crippen molar-refractivity contribution in [3.05, 3.63) is 46.7 Å². The summed E-state index contributed by atoms with van der Waals surface area (Å²) in [4.78, 5) is 4.28. The van der Waals surface area contributed by atoms with Crippen LogP contribution in [-0.2, 0) is 6.54 Å². The molecular weight excluding hydrogens is 324 g/mol. The van der Waals surface area contributed by atoms with E-state index in [1.165, 1.54) is 0 Å². The molecule has 1 aromatic heterocycles. The van der Waals surface area contributed by atoms with Crippen molar-refractivity contribution in [2.45, 2.75) is 25.5 Å². The topological polar surface area (TPSA) is 39.9 Å². The second-order valence-electron chi connectivity index (χ2n) is 7.15. The van der Waals surface area contributed by atoms with Crippen LogP contribution in [0.25, 0.3) is 11.3 Å². The number of halogens is 1. The maximum Gasteiger partial charge on any atom is 0.134 e. The van der Waals surface area contributed by atoms with Crippen molar-refractivity contribution in [3.8, 4) is 11.3 Å². The maximum atomic E-state index is 10.6. The van der Waals surface area contributed by atoms with E-state index in [2.05, 4.69) is 4.90 Å². The molecule has 2 heterocycles. The van der Waals surface area contributed by atoms with Gasteiger partial charge in [0.1, 0.15) is 11.5 Å². The third kappa shape index (κ3) is 4.01. The Bertz CT molecular complexity index is 713. The summed E-state index contributed by atoms with van der Waals surface area (Å²) in [5.41, 5.74) is 1.43. The van der Waals surface area contributed by atoms with Crippen LogP contribution in [0.1, 0.15) is 17.7 Å². The van der Waals surface area contributed by atoms with Gasteiger partial charge in [0.2, 0.25) is 0 Å².